The number of esters is 1. The summed E-state index contributed by atoms with van der Waals surface area (Å²) in [6.45, 7) is 0. The van der Waals surface area contributed by atoms with Gasteiger partial charge >= 0.3 is 11.9 Å². The fourth-order valence-electron chi connectivity index (χ4n) is 4.14. The second-order valence-electron chi connectivity index (χ2n) is 8.38. The molecule has 0 unspecified atom stereocenters. The van der Waals surface area contributed by atoms with Crippen LogP contribution in [0.3, 0.4) is 0 Å². The molecule has 0 fully saturated rings. The van der Waals surface area contributed by atoms with Gasteiger partial charge < -0.3 is 14.3 Å². The zero-order valence-electron chi connectivity index (χ0n) is 20.1. The van der Waals surface area contributed by atoms with Crippen LogP contribution in [0.4, 0.5) is 5.69 Å². The van der Waals surface area contributed by atoms with Crippen LogP contribution >= 0.6 is 11.6 Å². The van der Waals surface area contributed by atoms with Gasteiger partial charge in [0.05, 0.1) is 34.6 Å². The molecular weight excluding hydrogens is 506 g/mol. The number of anilines is 1. The number of carbonyl (C=O) groups excluding carboxylic acids is 2. The van der Waals surface area contributed by atoms with Crippen LogP contribution in [0.5, 0.6) is 0 Å². The predicted octanol–water partition coefficient (Wildman–Crippen LogP) is 6.56. The number of furan rings is 1. The first-order valence-corrected chi connectivity index (χ1v) is 11.9. The molecule has 3 aromatic carbocycles. The van der Waals surface area contributed by atoms with E-state index in [1.165, 1.54) is 24.1 Å². The second-order valence-corrected chi connectivity index (χ2v) is 8.78. The number of carbonyl (C=O) groups is 3. The molecule has 188 valence electrons. The van der Waals surface area contributed by atoms with Crippen molar-refractivity contribution in [3.05, 3.63) is 124 Å². The highest BCUT2D eigenvalue weighted by Gasteiger charge is 2.31. The molecule has 1 aliphatic rings. The molecule has 38 heavy (non-hydrogen) atoms. The largest absolute Gasteiger partial charge is 0.478 e. The van der Waals surface area contributed by atoms with E-state index in [1.54, 1.807) is 54.6 Å². The Labute approximate surface area is 222 Å². The van der Waals surface area contributed by atoms with Crippen molar-refractivity contribution < 1.29 is 28.6 Å². The van der Waals surface area contributed by atoms with Crippen LogP contribution in [0, 0.1) is 0 Å². The summed E-state index contributed by atoms with van der Waals surface area (Å²) >= 11 is 6.21. The summed E-state index contributed by atoms with van der Waals surface area (Å²) in [5, 5.41) is 9.36. The van der Waals surface area contributed by atoms with Gasteiger partial charge in [-0.25, -0.2) is 9.59 Å². The molecule has 1 N–H and O–H groups in total. The van der Waals surface area contributed by atoms with Gasteiger partial charge in [0.2, 0.25) is 0 Å². The van der Waals surface area contributed by atoms with Gasteiger partial charge in [0.15, 0.2) is 0 Å². The number of rotatable bonds is 6. The van der Waals surface area contributed by atoms with Gasteiger partial charge in [0.25, 0.3) is 5.91 Å². The molecule has 4 aromatic rings. The first kappa shape index (κ1) is 24.8. The van der Waals surface area contributed by atoms with Crippen molar-refractivity contribution in [3.8, 4) is 11.3 Å². The third-order valence-electron chi connectivity index (χ3n) is 6.01. The molecule has 0 bridgehead atoms. The lowest BCUT2D eigenvalue weighted by Crippen LogP contribution is -2.25. The van der Waals surface area contributed by atoms with Crippen LogP contribution in [-0.4, -0.2) is 30.1 Å². The van der Waals surface area contributed by atoms with Gasteiger partial charge in [0.1, 0.15) is 11.5 Å². The van der Waals surface area contributed by atoms with Crippen molar-refractivity contribution in [2.45, 2.75) is 0 Å². The van der Waals surface area contributed by atoms with Gasteiger partial charge in [-0.15, -0.1) is 0 Å². The number of ether oxygens (including phenoxy) is 1. The van der Waals surface area contributed by atoms with E-state index in [1.807, 2.05) is 30.3 Å². The van der Waals surface area contributed by atoms with Crippen LogP contribution < -0.4 is 4.90 Å². The highest BCUT2D eigenvalue weighted by atomic mass is 35.5. The van der Waals surface area contributed by atoms with Crippen LogP contribution in [0.25, 0.3) is 23.1 Å². The molecule has 1 amide bonds. The molecule has 0 spiro atoms. The summed E-state index contributed by atoms with van der Waals surface area (Å²) in [5.74, 6) is -0.861. The highest BCUT2D eigenvalue weighted by molar-refractivity contribution is 6.34. The average molecular weight is 526 g/mol. The van der Waals surface area contributed by atoms with E-state index in [0.717, 1.165) is 11.1 Å². The summed E-state index contributed by atoms with van der Waals surface area (Å²) in [7, 11) is 1.32. The van der Waals surface area contributed by atoms with E-state index >= 15 is 0 Å². The maximum Gasteiger partial charge on any atom is 0.337 e. The number of hydrogen-bond acceptors (Lipinski definition) is 5. The molecule has 0 aliphatic carbocycles. The number of halogens is 1. The van der Waals surface area contributed by atoms with Crippen molar-refractivity contribution >= 4 is 46.9 Å². The lowest BCUT2D eigenvalue weighted by atomic mass is 10.1. The van der Waals surface area contributed by atoms with Crippen molar-refractivity contribution in [2.24, 2.45) is 0 Å². The monoisotopic (exact) mass is 525 g/mol. The summed E-state index contributed by atoms with van der Waals surface area (Å²) in [5.41, 5.74) is 3.37. The van der Waals surface area contributed by atoms with Gasteiger partial charge in [-0.1, -0.05) is 54.1 Å². The van der Waals surface area contributed by atoms with Crippen molar-refractivity contribution in [1.82, 2.24) is 0 Å². The maximum absolute atomic E-state index is 13.6. The van der Waals surface area contributed by atoms with Crippen molar-refractivity contribution in [3.63, 3.8) is 0 Å². The molecule has 7 nitrogen and oxygen atoms in total. The number of benzene rings is 3. The van der Waals surface area contributed by atoms with E-state index < -0.39 is 11.9 Å². The maximum atomic E-state index is 13.6. The number of aromatic carboxylic acids is 1. The smallest absolute Gasteiger partial charge is 0.337 e. The number of hydrogen-bond donors (Lipinski definition) is 1. The van der Waals surface area contributed by atoms with Gasteiger partial charge in [-0.3, -0.25) is 9.69 Å². The highest BCUT2D eigenvalue weighted by Crippen LogP contribution is 2.37. The fraction of sp³-hybridized carbons (Fsp3) is 0.0333. The summed E-state index contributed by atoms with van der Waals surface area (Å²) in [6, 6.07) is 24.1. The first-order valence-electron chi connectivity index (χ1n) is 11.5. The molecular formula is C30H20ClNO6. The van der Waals surface area contributed by atoms with Crippen LogP contribution in [0.15, 0.2) is 101 Å². The Kier molecular flexibility index (Phi) is 6.68. The summed E-state index contributed by atoms with van der Waals surface area (Å²) in [4.78, 5) is 38.2. The van der Waals surface area contributed by atoms with Crippen LogP contribution in [0.1, 0.15) is 32.0 Å². The minimum Gasteiger partial charge on any atom is -0.478 e. The molecule has 1 aliphatic heterocycles. The van der Waals surface area contributed by atoms with Crippen molar-refractivity contribution in [2.75, 3.05) is 12.0 Å². The molecule has 8 heteroatoms. The Hall–Kier alpha value is -4.88. The number of methoxy groups -OCH3 is 1. The second kappa shape index (κ2) is 10.2. The fourth-order valence-corrected chi connectivity index (χ4v) is 4.39. The lowest BCUT2D eigenvalue weighted by Gasteiger charge is -2.21. The Balaban J connectivity index is 1.50. The molecule has 1 aromatic heterocycles. The van der Waals surface area contributed by atoms with E-state index in [0.29, 0.717) is 34.0 Å². The molecule has 0 atom stereocenters. The minimum atomic E-state index is -1.15. The Morgan fingerprint density at radius 3 is 2.34 bits per heavy atom. The molecule has 5 rings (SSSR count). The summed E-state index contributed by atoms with van der Waals surface area (Å²) in [6.07, 6.45) is 3.40. The third kappa shape index (κ3) is 4.75. The van der Waals surface area contributed by atoms with Gasteiger partial charge in [-0.2, -0.15) is 0 Å². The van der Waals surface area contributed by atoms with Crippen LogP contribution in [0.2, 0.25) is 5.02 Å². The van der Waals surface area contributed by atoms with Crippen LogP contribution in [-0.2, 0) is 9.53 Å². The SMILES string of the molecule is COC(=O)c1ccc(-c2ccc(/C=C3\C=C(c4ccccc4)N(c4ccc(C(=O)O)c(Cl)c4)C3=O)o2)cc1. The van der Waals surface area contributed by atoms with E-state index in [-0.39, 0.29) is 16.5 Å². The summed E-state index contributed by atoms with van der Waals surface area (Å²) < 4.78 is 10.7. The molecule has 2 heterocycles. The number of amides is 1. The molecule has 0 saturated heterocycles. The minimum absolute atomic E-state index is 0.0292. The Bertz CT molecular complexity index is 1620. The van der Waals surface area contributed by atoms with Gasteiger partial charge in [-0.05, 0) is 60.2 Å². The third-order valence-corrected chi connectivity index (χ3v) is 6.32. The lowest BCUT2D eigenvalue weighted by molar-refractivity contribution is -0.113. The van der Waals surface area contributed by atoms with Gasteiger partial charge in [0, 0.05) is 11.1 Å². The quantitative estimate of drug-likeness (QED) is 0.226. The molecule has 0 radical (unpaired) electrons. The predicted molar refractivity (Wildman–Crippen MR) is 144 cm³/mol. The van der Waals surface area contributed by atoms with E-state index in [2.05, 4.69) is 0 Å². The topological polar surface area (TPSA) is 97.0 Å². The molecule has 0 saturated carbocycles. The zero-order chi connectivity index (χ0) is 26.8. The first-order chi connectivity index (χ1) is 18.4. The Morgan fingerprint density at radius 1 is 0.947 bits per heavy atom. The standard InChI is InChI=1S/C30H20ClNO6/c1-37-30(36)20-9-7-19(8-10-20)27-14-12-23(38-27)15-21-16-26(18-5-3-2-4-6-18)32(28(21)33)22-11-13-24(29(34)35)25(31)17-22/h2-17H,1H3,(H,34,35)/b21-15+. The van der Waals surface area contributed by atoms with Crippen molar-refractivity contribution in [1.29, 1.82) is 0 Å². The average Bonchev–Trinajstić information content (AvgIpc) is 3.53. The number of nitrogens with zero attached hydrogens (tertiary/aromatic N) is 1. The zero-order valence-corrected chi connectivity index (χ0v) is 20.8. The van der Waals surface area contributed by atoms with E-state index in [4.69, 9.17) is 20.8 Å². The van der Waals surface area contributed by atoms with E-state index in [9.17, 15) is 19.5 Å². The Morgan fingerprint density at radius 2 is 1.68 bits per heavy atom. The number of carboxylic acids is 1. The normalized spacial score (nSPS) is 14.1. The number of carboxylic acid groups (broad SMARTS) is 1.